The standard InChI is InChI=1S/C15H25NO2/c1-6-12(3)13(16-4)10-18-14-8-7-11(2)9-15(14)17-5/h7-9,12-13,16H,6,10H2,1-5H3. The van der Waals surface area contributed by atoms with Crippen LogP contribution in [0.5, 0.6) is 11.5 Å². The predicted octanol–water partition coefficient (Wildman–Crippen LogP) is 3.02. The maximum absolute atomic E-state index is 5.87. The predicted molar refractivity (Wildman–Crippen MR) is 75.5 cm³/mol. The first-order valence-electron chi connectivity index (χ1n) is 6.57. The largest absolute Gasteiger partial charge is 0.493 e. The maximum Gasteiger partial charge on any atom is 0.161 e. The van der Waals surface area contributed by atoms with Crippen LogP contribution in [-0.4, -0.2) is 26.8 Å². The smallest absolute Gasteiger partial charge is 0.161 e. The van der Waals surface area contributed by atoms with Crippen molar-refractivity contribution in [1.29, 1.82) is 0 Å². The Bertz CT molecular complexity index is 366. The Kier molecular flexibility index (Phi) is 5.99. The van der Waals surface area contributed by atoms with E-state index in [-0.39, 0.29) is 0 Å². The first-order chi connectivity index (χ1) is 8.62. The summed E-state index contributed by atoms with van der Waals surface area (Å²) in [6, 6.07) is 6.36. The van der Waals surface area contributed by atoms with E-state index in [9.17, 15) is 0 Å². The molecule has 1 aromatic carbocycles. The summed E-state index contributed by atoms with van der Waals surface area (Å²) in [6.45, 7) is 7.13. The van der Waals surface area contributed by atoms with Crippen LogP contribution < -0.4 is 14.8 Å². The molecule has 0 amide bonds. The molecule has 0 radical (unpaired) electrons. The molecule has 1 aromatic rings. The number of hydrogen-bond acceptors (Lipinski definition) is 3. The summed E-state index contributed by atoms with van der Waals surface area (Å²) in [5.74, 6) is 2.20. The van der Waals surface area contributed by atoms with Crippen molar-refractivity contribution in [2.45, 2.75) is 33.2 Å². The Balaban J connectivity index is 2.67. The zero-order valence-corrected chi connectivity index (χ0v) is 12.1. The van der Waals surface area contributed by atoms with Gasteiger partial charge in [0.1, 0.15) is 6.61 Å². The highest BCUT2D eigenvalue weighted by atomic mass is 16.5. The number of methoxy groups -OCH3 is 1. The second kappa shape index (κ2) is 7.27. The van der Waals surface area contributed by atoms with E-state index in [0.29, 0.717) is 18.6 Å². The molecule has 0 saturated carbocycles. The summed E-state index contributed by atoms with van der Waals surface area (Å²) in [7, 11) is 3.65. The minimum absolute atomic E-state index is 0.362. The summed E-state index contributed by atoms with van der Waals surface area (Å²) >= 11 is 0. The van der Waals surface area contributed by atoms with Gasteiger partial charge < -0.3 is 14.8 Å². The Hall–Kier alpha value is -1.22. The second-order valence-corrected chi connectivity index (χ2v) is 4.75. The Morgan fingerprint density at radius 3 is 2.56 bits per heavy atom. The van der Waals surface area contributed by atoms with Gasteiger partial charge in [0.15, 0.2) is 11.5 Å². The average Bonchev–Trinajstić information content (AvgIpc) is 2.40. The van der Waals surface area contributed by atoms with Crippen LogP contribution >= 0.6 is 0 Å². The molecule has 0 bridgehead atoms. The molecule has 0 saturated heterocycles. The van der Waals surface area contributed by atoms with E-state index >= 15 is 0 Å². The third kappa shape index (κ3) is 3.91. The van der Waals surface area contributed by atoms with Crippen LogP contribution in [0.3, 0.4) is 0 Å². The van der Waals surface area contributed by atoms with E-state index in [2.05, 4.69) is 19.2 Å². The molecular formula is C15H25NO2. The van der Waals surface area contributed by atoms with E-state index in [0.717, 1.165) is 17.9 Å². The van der Waals surface area contributed by atoms with Crippen molar-refractivity contribution in [2.24, 2.45) is 5.92 Å². The van der Waals surface area contributed by atoms with E-state index in [4.69, 9.17) is 9.47 Å². The Morgan fingerprint density at radius 1 is 1.28 bits per heavy atom. The van der Waals surface area contributed by atoms with Crippen LogP contribution in [0.25, 0.3) is 0 Å². The zero-order chi connectivity index (χ0) is 13.5. The number of nitrogens with one attached hydrogen (secondary N) is 1. The molecule has 2 unspecified atom stereocenters. The van der Waals surface area contributed by atoms with Crippen molar-refractivity contribution in [1.82, 2.24) is 5.32 Å². The quantitative estimate of drug-likeness (QED) is 0.808. The maximum atomic E-state index is 5.87. The van der Waals surface area contributed by atoms with Crippen molar-refractivity contribution < 1.29 is 9.47 Å². The molecule has 18 heavy (non-hydrogen) atoms. The van der Waals surface area contributed by atoms with E-state index in [1.54, 1.807) is 7.11 Å². The molecule has 0 spiro atoms. The Morgan fingerprint density at radius 2 is 2.00 bits per heavy atom. The lowest BCUT2D eigenvalue weighted by molar-refractivity contribution is 0.220. The molecular weight excluding hydrogens is 226 g/mol. The number of hydrogen-bond donors (Lipinski definition) is 1. The van der Waals surface area contributed by atoms with Crippen molar-refractivity contribution in [3.63, 3.8) is 0 Å². The summed E-state index contributed by atoms with van der Waals surface area (Å²) in [4.78, 5) is 0. The summed E-state index contributed by atoms with van der Waals surface area (Å²) in [6.07, 6.45) is 1.14. The molecule has 1 N–H and O–H groups in total. The van der Waals surface area contributed by atoms with Crippen molar-refractivity contribution in [3.8, 4) is 11.5 Å². The van der Waals surface area contributed by atoms with Crippen LogP contribution in [0, 0.1) is 12.8 Å². The highest BCUT2D eigenvalue weighted by Crippen LogP contribution is 2.28. The first-order valence-corrected chi connectivity index (χ1v) is 6.57. The molecule has 0 heterocycles. The summed E-state index contributed by atoms with van der Waals surface area (Å²) < 4.78 is 11.2. The summed E-state index contributed by atoms with van der Waals surface area (Å²) in [5.41, 5.74) is 1.17. The third-order valence-electron chi connectivity index (χ3n) is 3.44. The number of likely N-dealkylation sites (N-methyl/N-ethyl adjacent to an activating group) is 1. The molecule has 0 aromatic heterocycles. The minimum atomic E-state index is 0.362. The van der Waals surface area contributed by atoms with Crippen LogP contribution in [0.1, 0.15) is 25.8 Å². The number of aryl methyl sites for hydroxylation is 1. The fraction of sp³-hybridized carbons (Fsp3) is 0.600. The fourth-order valence-corrected chi connectivity index (χ4v) is 1.89. The SMILES string of the molecule is CCC(C)C(COc1ccc(C)cc1OC)NC. The fourth-order valence-electron chi connectivity index (χ4n) is 1.89. The van der Waals surface area contributed by atoms with Crippen molar-refractivity contribution >= 4 is 0 Å². The highest BCUT2D eigenvalue weighted by molar-refractivity contribution is 5.42. The van der Waals surface area contributed by atoms with Crippen LogP contribution in [0.15, 0.2) is 18.2 Å². The molecule has 2 atom stereocenters. The molecule has 0 aliphatic heterocycles. The molecule has 3 heteroatoms. The van der Waals surface area contributed by atoms with Gasteiger partial charge in [-0.05, 0) is 37.6 Å². The van der Waals surface area contributed by atoms with Crippen LogP contribution in [-0.2, 0) is 0 Å². The molecule has 0 aliphatic carbocycles. The monoisotopic (exact) mass is 251 g/mol. The molecule has 3 nitrogen and oxygen atoms in total. The van der Waals surface area contributed by atoms with E-state index in [1.807, 2.05) is 32.2 Å². The van der Waals surface area contributed by atoms with Gasteiger partial charge in [-0.3, -0.25) is 0 Å². The summed E-state index contributed by atoms with van der Waals surface area (Å²) in [5, 5.41) is 3.31. The van der Waals surface area contributed by atoms with Crippen molar-refractivity contribution in [3.05, 3.63) is 23.8 Å². The normalized spacial score (nSPS) is 14.1. The Labute approximate surface area is 110 Å². The lowest BCUT2D eigenvalue weighted by Crippen LogP contribution is -2.37. The van der Waals surface area contributed by atoms with Gasteiger partial charge in [-0.15, -0.1) is 0 Å². The number of benzene rings is 1. The lowest BCUT2D eigenvalue weighted by atomic mass is 10.0. The van der Waals surface area contributed by atoms with Gasteiger partial charge in [0.05, 0.1) is 7.11 Å². The van der Waals surface area contributed by atoms with Gasteiger partial charge in [0.25, 0.3) is 0 Å². The number of rotatable bonds is 7. The van der Waals surface area contributed by atoms with Gasteiger partial charge >= 0.3 is 0 Å². The van der Waals surface area contributed by atoms with Gasteiger partial charge in [0.2, 0.25) is 0 Å². The first kappa shape index (κ1) is 14.8. The minimum Gasteiger partial charge on any atom is -0.493 e. The van der Waals surface area contributed by atoms with Gasteiger partial charge in [0, 0.05) is 6.04 Å². The molecule has 0 fully saturated rings. The molecule has 0 aliphatic rings. The lowest BCUT2D eigenvalue weighted by Gasteiger charge is -2.23. The van der Waals surface area contributed by atoms with Gasteiger partial charge in [-0.2, -0.15) is 0 Å². The van der Waals surface area contributed by atoms with E-state index in [1.165, 1.54) is 5.56 Å². The second-order valence-electron chi connectivity index (χ2n) is 4.75. The topological polar surface area (TPSA) is 30.5 Å². The molecule has 102 valence electrons. The zero-order valence-electron chi connectivity index (χ0n) is 12.1. The highest BCUT2D eigenvalue weighted by Gasteiger charge is 2.15. The van der Waals surface area contributed by atoms with E-state index < -0.39 is 0 Å². The number of ether oxygens (including phenoxy) is 2. The van der Waals surface area contributed by atoms with Crippen LogP contribution in [0.2, 0.25) is 0 Å². The van der Waals surface area contributed by atoms with Crippen LogP contribution in [0.4, 0.5) is 0 Å². The average molecular weight is 251 g/mol. The molecule has 1 rings (SSSR count). The van der Waals surface area contributed by atoms with Gasteiger partial charge in [-0.25, -0.2) is 0 Å². The van der Waals surface area contributed by atoms with Gasteiger partial charge in [-0.1, -0.05) is 26.3 Å². The third-order valence-corrected chi connectivity index (χ3v) is 3.44. The van der Waals surface area contributed by atoms with Crippen molar-refractivity contribution in [2.75, 3.05) is 20.8 Å².